The van der Waals surface area contributed by atoms with Crippen molar-refractivity contribution in [3.05, 3.63) is 68.1 Å². The Bertz CT molecular complexity index is 1430. The largest absolute Gasteiger partial charge is 0.497 e. The summed E-state index contributed by atoms with van der Waals surface area (Å²) >= 11 is 18.2. The number of pyridine rings is 1. The number of anilines is 1. The van der Waals surface area contributed by atoms with Gasteiger partial charge in [-0.25, -0.2) is 4.79 Å². The summed E-state index contributed by atoms with van der Waals surface area (Å²) in [6, 6.07) is 13.3. The van der Waals surface area contributed by atoms with E-state index < -0.39 is 11.7 Å². The smallest absolute Gasteiger partial charge is 0.408 e. The molecule has 1 amide bonds. The zero-order chi connectivity index (χ0) is 30.7. The van der Waals surface area contributed by atoms with Gasteiger partial charge in [-0.1, -0.05) is 53.2 Å². The molecule has 42 heavy (non-hydrogen) atoms. The number of alkyl carbamates (subject to hydrolysis) is 1. The van der Waals surface area contributed by atoms with Crippen molar-refractivity contribution in [3.63, 3.8) is 0 Å². The minimum Gasteiger partial charge on any atom is -0.497 e. The third-order valence-electron chi connectivity index (χ3n) is 6.90. The summed E-state index contributed by atoms with van der Waals surface area (Å²) in [5.41, 5.74) is 1.03. The highest BCUT2D eigenvalue weighted by molar-refractivity contribution is 9.10. The van der Waals surface area contributed by atoms with Crippen LogP contribution in [0.3, 0.4) is 0 Å². The molecule has 226 valence electrons. The molecule has 4 rings (SSSR count). The Balaban J connectivity index is 1.60. The lowest BCUT2D eigenvalue weighted by Crippen LogP contribution is -2.54. The molecule has 1 aliphatic rings. The Morgan fingerprint density at radius 1 is 1.14 bits per heavy atom. The van der Waals surface area contributed by atoms with Gasteiger partial charge in [0.1, 0.15) is 23.8 Å². The quantitative estimate of drug-likeness (QED) is 0.252. The van der Waals surface area contributed by atoms with Crippen molar-refractivity contribution in [2.75, 3.05) is 25.1 Å². The number of carbonyl (C=O) groups excluding carboxylic acids is 1. The van der Waals surface area contributed by atoms with Crippen LogP contribution >= 0.6 is 50.9 Å². The molecular weight excluding hydrogens is 661 g/mol. The lowest BCUT2D eigenvalue weighted by Gasteiger charge is -2.41. The molecule has 0 spiro atoms. The summed E-state index contributed by atoms with van der Waals surface area (Å²) in [5, 5.41) is 4.04. The molecule has 0 atom stereocenters. The molecule has 7 nitrogen and oxygen atoms in total. The van der Waals surface area contributed by atoms with Crippen molar-refractivity contribution in [1.82, 2.24) is 10.3 Å². The average Bonchev–Trinajstić information content (AvgIpc) is 2.93. The fraction of sp³-hybridized carbons (Fsp3) is 0.419. The highest BCUT2D eigenvalue weighted by atomic mass is 79.9. The molecular formula is C31H36BrCl2N3O4S. The molecule has 1 aliphatic heterocycles. The Kier molecular flexibility index (Phi) is 10.5. The molecule has 1 aromatic heterocycles. The molecule has 0 radical (unpaired) electrons. The standard InChI is InChI=1S/C31H36BrCl2N3O4S/c1-19-24(32)27(37-16-14-31(5,15-17-37)36-29(38)41-30(2,3)4)35-28(40-18-20-10-12-21(39-6)13-11-20)26(19)42-23-9-7-8-22(33)25(23)34/h7-13H,14-18H2,1-6H3,(H,36,38). The van der Waals surface area contributed by atoms with Gasteiger partial charge < -0.3 is 24.4 Å². The maximum atomic E-state index is 12.5. The van der Waals surface area contributed by atoms with E-state index in [9.17, 15) is 4.79 Å². The molecule has 11 heteroatoms. The van der Waals surface area contributed by atoms with Crippen LogP contribution in [0.25, 0.3) is 0 Å². The van der Waals surface area contributed by atoms with E-state index >= 15 is 0 Å². The van der Waals surface area contributed by atoms with E-state index in [4.69, 9.17) is 42.4 Å². The second-order valence-electron chi connectivity index (χ2n) is 11.5. The first-order chi connectivity index (χ1) is 19.8. The van der Waals surface area contributed by atoms with E-state index in [0.29, 0.717) is 35.6 Å². The third kappa shape index (κ3) is 8.18. The van der Waals surface area contributed by atoms with E-state index in [0.717, 1.165) is 49.8 Å². The van der Waals surface area contributed by atoms with E-state index in [-0.39, 0.29) is 5.54 Å². The topological polar surface area (TPSA) is 72.9 Å². The van der Waals surface area contributed by atoms with Crippen LogP contribution in [-0.2, 0) is 11.3 Å². The van der Waals surface area contributed by atoms with E-state index in [1.54, 1.807) is 13.2 Å². The number of carbonyl (C=O) groups is 1. The van der Waals surface area contributed by atoms with Crippen LogP contribution in [0.15, 0.2) is 56.7 Å². The second kappa shape index (κ2) is 13.5. The molecule has 0 bridgehead atoms. The summed E-state index contributed by atoms with van der Waals surface area (Å²) in [5.74, 6) is 2.07. The van der Waals surface area contributed by atoms with Crippen molar-refractivity contribution in [2.45, 2.75) is 75.0 Å². The highest BCUT2D eigenvalue weighted by Gasteiger charge is 2.35. The number of nitrogens with zero attached hydrogens (tertiary/aromatic N) is 2. The highest BCUT2D eigenvalue weighted by Crippen LogP contribution is 2.46. The summed E-state index contributed by atoms with van der Waals surface area (Å²) in [4.78, 5) is 21.4. The van der Waals surface area contributed by atoms with Crippen molar-refractivity contribution in [3.8, 4) is 11.6 Å². The molecule has 1 fully saturated rings. The number of ether oxygens (including phenoxy) is 3. The van der Waals surface area contributed by atoms with Crippen LogP contribution in [0.5, 0.6) is 11.6 Å². The third-order valence-corrected chi connectivity index (χ3v) is 10.0. The number of methoxy groups -OCH3 is 1. The van der Waals surface area contributed by atoms with Crippen LogP contribution in [-0.4, -0.2) is 42.4 Å². The van der Waals surface area contributed by atoms with Gasteiger partial charge in [0.05, 0.1) is 26.5 Å². The van der Waals surface area contributed by atoms with Gasteiger partial charge >= 0.3 is 6.09 Å². The van der Waals surface area contributed by atoms with Gasteiger partial charge in [-0.2, -0.15) is 4.98 Å². The molecule has 1 N–H and O–H groups in total. The fourth-order valence-electron chi connectivity index (χ4n) is 4.48. The molecule has 1 saturated heterocycles. The molecule has 0 unspecified atom stereocenters. The first kappa shape index (κ1) is 32.6. The zero-order valence-electron chi connectivity index (χ0n) is 24.6. The first-order valence-electron chi connectivity index (χ1n) is 13.6. The predicted octanol–water partition coefficient (Wildman–Crippen LogP) is 9.08. The van der Waals surface area contributed by atoms with Gasteiger partial charge in [0, 0.05) is 23.5 Å². The lowest BCUT2D eigenvalue weighted by molar-refractivity contribution is 0.0448. The van der Waals surface area contributed by atoms with Crippen molar-refractivity contribution in [1.29, 1.82) is 0 Å². The molecule has 3 aromatic rings. The van der Waals surface area contributed by atoms with Gasteiger partial charge in [-0.15, -0.1) is 0 Å². The average molecular weight is 698 g/mol. The van der Waals surface area contributed by atoms with Crippen LogP contribution in [0.1, 0.15) is 51.7 Å². The number of hydrogen-bond acceptors (Lipinski definition) is 7. The maximum absolute atomic E-state index is 12.5. The maximum Gasteiger partial charge on any atom is 0.408 e. The van der Waals surface area contributed by atoms with Crippen LogP contribution in [0.4, 0.5) is 10.6 Å². The minimum atomic E-state index is -0.551. The summed E-state index contributed by atoms with van der Waals surface area (Å²) in [6.07, 6.45) is 1.07. The normalized spacial score (nSPS) is 14.8. The molecule has 2 heterocycles. The number of amides is 1. The number of rotatable bonds is 8. The van der Waals surface area contributed by atoms with Gasteiger partial charge in [0.25, 0.3) is 0 Å². The van der Waals surface area contributed by atoms with Crippen molar-refractivity contribution in [2.24, 2.45) is 0 Å². The summed E-state index contributed by atoms with van der Waals surface area (Å²) in [6.45, 7) is 11.4. The van der Waals surface area contributed by atoms with Gasteiger partial charge in [-0.3, -0.25) is 0 Å². The number of aromatic nitrogens is 1. The monoisotopic (exact) mass is 695 g/mol. The van der Waals surface area contributed by atoms with Crippen LogP contribution in [0.2, 0.25) is 10.0 Å². The first-order valence-corrected chi connectivity index (χ1v) is 16.0. The molecule has 0 saturated carbocycles. The number of nitrogens with one attached hydrogen (secondary N) is 1. The van der Waals surface area contributed by atoms with Gasteiger partial charge in [0.15, 0.2) is 0 Å². The Labute approximate surface area is 270 Å². The van der Waals surface area contributed by atoms with Gasteiger partial charge in [0.2, 0.25) is 5.88 Å². The molecule has 2 aromatic carbocycles. The fourth-order valence-corrected chi connectivity index (χ4v) is 6.64. The number of halogens is 3. The van der Waals surface area contributed by atoms with E-state index in [1.165, 1.54) is 11.8 Å². The van der Waals surface area contributed by atoms with Crippen LogP contribution < -0.4 is 19.7 Å². The number of piperidine rings is 1. The lowest BCUT2D eigenvalue weighted by atomic mass is 9.90. The van der Waals surface area contributed by atoms with Gasteiger partial charge in [-0.05, 0) is 98.8 Å². The molecule has 0 aliphatic carbocycles. The summed E-state index contributed by atoms with van der Waals surface area (Å²) in [7, 11) is 1.64. The number of hydrogen-bond donors (Lipinski definition) is 1. The summed E-state index contributed by atoms with van der Waals surface area (Å²) < 4.78 is 18.0. The minimum absolute atomic E-state index is 0.326. The predicted molar refractivity (Wildman–Crippen MR) is 174 cm³/mol. The van der Waals surface area contributed by atoms with Crippen molar-refractivity contribution >= 4 is 62.8 Å². The Morgan fingerprint density at radius 2 is 1.81 bits per heavy atom. The Morgan fingerprint density at radius 3 is 2.43 bits per heavy atom. The SMILES string of the molecule is COc1ccc(COc2nc(N3CCC(C)(NC(=O)OC(C)(C)C)CC3)c(Br)c(C)c2Sc2cccc(Cl)c2Cl)cc1. The Hall–Kier alpha value is -2.33. The second-order valence-corrected chi connectivity index (χ2v) is 14.1. The number of benzene rings is 2. The van der Waals surface area contributed by atoms with E-state index in [1.807, 2.05) is 64.1 Å². The zero-order valence-corrected chi connectivity index (χ0v) is 28.6. The van der Waals surface area contributed by atoms with E-state index in [2.05, 4.69) is 33.1 Å². The van der Waals surface area contributed by atoms with Crippen molar-refractivity contribution < 1.29 is 19.0 Å². The van der Waals surface area contributed by atoms with Crippen LogP contribution in [0, 0.1) is 6.92 Å².